The van der Waals surface area contributed by atoms with Gasteiger partial charge in [0.1, 0.15) is 71.5 Å². The second-order valence-electron chi connectivity index (χ2n) is 10.4. The molecule has 2 aliphatic heterocycles. The van der Waals surface area contributed by atoms with Gasteiger partial charge in [0.25, 0.3) is 0 Å². The predicted octanol–water partition coefficient (Wildman–Crippen LogP) is -0.633. The largest absolute Gasteiger partial charge is 0.507 e. The Kier molecular flexibility index (Phi) is 7.38. The van der Waals surface area contributed by atoms with E-state index in [1.165, 1.54) is 19.9 Å². The quantitative estimate of drug-likeness (QED) is 0.174. The number of aliphatic hydroxyl groups excluding tert-OH is 6. The van der Waals surface area contributed by atoms with E-state index in [2.05, 4.69) is 0 Å². The van der Waals surface area contributed by atoms with Gasteiger partial charge in [-0.05, 0) is 32.0 Å². The molecule has 10 atom stereocenters. The summed E-state index contributed by atoms with van der Waals surface area (Å²) in [5.41, 5.74) is -2.38. The maximum Gasteiger partial charge on any atom is 0.197 e. The first-order valence-electron chi connectivity index (χ1n) is 12.7. The second kappa shape index (κ2) is 10.4. The minimum absolute atomic E-state index is 0.0965. The average Bonchev–Trinajstić information content (AvgIpc) is 2.92. The zero-order valence-corrected chi connectivity index (χ0v) is 21.7. The van der Waals surface area contributed by atoms with Gasteiger partial charge in [-0.1, -0.05) is 0 Å². The molecule has 10 N–H and O–H groups in total. The highest BCUT2D eigenvalue weighted by Gasteiger charge is 2.48. The van der Waals surface area contributed by atoms with Crippen molar-refractivity contribution in [2.75, 3.05) is 0 Å². The number of rotatable bonds is 3. The van der Waals surface area contributed by atoms with Crippen LogP contribution < -0.4 is 5.43 Å². The molecule has 2 fully saturated rings. The molecule has 3 heterocycles. The fourth-order valence-electron chi connectivity index (χ4n) is 5.34. The van der Waals surface area contributed by atoms with Crippen LogP contribution in [0.1, 0.15) is 37.2 Å². The standard InChI is InChI=1S/C27H30O14/c1-7-17(31)21(35)23(37)26(39-7)15-19(33)14-12(30)6-13(9-3-4-10(28)11(29)5-9)41-25(14)16(20(15)34)27-24(38)22(36)18(32)8(2)40-27/h3-8,17-18,21-24,26-29,31-38H,1-2H3/t7-,8+,17+,18-,21+,22+,23-,24+,26-,27+/m0/s1. The molecule has 222 valence electrons. The van der Waals surface area contributed by atoms with E-state index in [4.69, 9.17) is 13.9 Å². The first-order chi connectivity index (χ1) is 19.2. The van der Waals surface area contributed by atoms with Gasteiger partial charge in [0.2, 0.25) is 0 Å². The number of aliphatic hydroxyl groups is 6. The van der Waals surface area contributed by atoms with Gasteiger partial charge in [0.05, 0.1) is 23.3 Å². The molecule has 2 saturated heterocycles. The van der Waals surface area contributed by atoms with Crippen LogP contribution in [0.3, 0.4) is 0 Å². The fraction of sp³-hybridized carbons (Fsp3) is 0.444. The summed E-state index contributed by atoms with van der Waals surface area (Å²) in [5.74, 6) is -3.00. The average molecular weight is 579 g/mol. The smallest absolute Gasteiger partial charge is 0.197 e. The number of aromatic hydroxyl groups is 4. The maximum atomic E-state index is 13.5. The molecule has 14 nitrogen and oxygen atoms in total. The van der Waals surface area contributed by atoms with Crippen molar-refractivity contribution in [3.63, 3.8) is 0 Å². The lowest BCUT2D eigenvalue weighted by molar-refractivity contribution is -0.222. The molecule has 0 unspecified atom stereocenters. The molecule has 0 bridgehead atoms. The van der Waals surface area contributed by atoms with Crippen LogP contribution in [-0.4, -0.2) is 99.9 Å². The van der Waals surface area contributed by atoms with Gasteiger partial charge in [-0.25, -0.2) is 0 Å². The summed E-state index contributed by atoms with van der Waals surface area (Å²) >= 11 is 0. The third-order valence-electron chi connectivity index (χ3n) is 7.73. The van der Waals surface area contributed by atoms with Crippen molar-refractivity contribution in [2.24, 2.45) is 0 Å². The highest BCUT2D eigenvalue weighted by Crippen LogP contribution is 2.51. The molecule has 5 rings (SSSR count). The molecule has 1 aromatic heterocycles. The molecule has 0 saturated carbocycles. The second-order valence-corrected chi connectivity index (χ2v) is 10.4. The highest BCUT2D eigenvalue weighted by molar-refractivity contribution is 5.92. The number of phenolic OH excluding ortho intramolecular Hbond substituents is 4. The molecule has 2 aliphatic rings. The zero-order valence-electron chi connectivity index (χ0n) is 21.7. The molecular weight excluding hydrogens is 548 g/mol. The summed E-state index contributed by atoms with van der Waals surface area (Å²) in [5, 5.41) is 105. The monoisotopic (exact) mass is 578 g/mol. The van der Waals surface area contributed by atoms with E-state index >= 15 is 0 Å². The molecular formula is C27H30O14. The number of hydrogen-bond acceptors (Lipinski definition) is 14. The molecule has 3 aromatic rings. The first-order valence-corrected chi connectivity index (χ1v) is 12.7. The summed E-state index contributed by atoms with van der Waals surface area (Å²) < 4.78 is 17.2. The van der Waals surface area contributed by atoms with Gasteiger partial charge >= 0.3 is 0 Å². The number of ether oxygens (including phenoxy) is 2. The predicted molar refractivity (Wildman–Crippen MR) is 137 cm³/mol. The van der Waals surface area contributed by atoms with E-state index in [0.717, 1.165) is 18.2 Å². The van der Waals surface area contributed by atoms with Crippen molar-refractivity contribution in [3.05, 3.63) is 45.6 Å². The van der Waals surface area contributed by atoms with Crippen LogP contribution in [0.4, 0.5) is 0 Å². The Balaban J connectivity index is 1.82. The van der Waals surface area contributed by atoms with E-state index in [-0.39, 0.29) is 11.3 Å². The van der Waals surface area contributed by atoms with Crippen molar-refractivity contribution in [1.29, 1.82) is 0 Å². The maximum absolute atomic E-state index is 13.5. The van der Waals surface area contributed by atoms with Crippen LogP contribution in [0.5, 0.6) is 23.0 Å². The Morgan fingerprint density at radius 2 is 1.17 bits per heavy atom. The number of benzene rings is 2. The topological polar surface area (TPSA) is 251 Å². The summed E-state index contributed by atoms with van der Waals surface area (Å²) in [7, 11) is 0. The Morgan fingerprint density at radius 3 is 1.71 bits per heavy atom. The minimum atomic E-state index is -1.90. The van der Waals surface area contributed by atoms with Crippen LogP contribution in [0, 0.1) is 0 Å². The van der Waals surface area contributed by atoms with E-state index in [0.29, 0.717) is 0 Å². The number of phenols is 4. The number of fused-ring (bicyclic) bond motifs is 1. The van der Waals surface area contributed by atoms with Crippen molar-refractivity contribution >= 4 is 11.0 Å². The van der Waals surface area contributed by atoms with Crippen molar-refractivity contribution in [1.82, 2.24) is 0 Å². The lowest BCUT2D eigenvalue weighted by Gasteiger charge is -2.41. The van der Waals surface area contributed by atoms with Crippen molar-refractivity contribution in [3.8, 4) is 34.3 Å². The summed E-state index contributed by atoms with van der Waals surface area (Å²) in [6.07, 6.45) is -16.0. The lowest BCUT2D eigenvalue weighted by Crippen LogP contribution is -2.53. The van der Waals surface area contributed by atoms with Gasteiger partial charge in [-0.2, -0.15) is 0 Å². The van der Waals surface area contributed by atoms with E-state index < -0.39 is 112 Å². The van der Waals surface area contributed by atoms with Crippen LogP contribution in [0.25, 0.3) is 22.3 Å². The highest BCUT2D eigenvalue weighted by atomic mass is 16.5. The Hall–Kier alpha value is -3.47. The van der Waals surface area contributed by atoms with Crippen molar-refractivity contribution in [2.45, 2.75) is 74.9 Å². The van der Waals surface area contributed by atoms with E-state index in [1.807, 2.05) is 0 Å². The van der Waals surface area contributed by atoms with Gasteiger partial charge in [0, 0.05) is 11.6 Å². The van der Waals surface area contributed by atoms with E-state index in [1.54, 1.807) is 0 Å². The molecule has 0 aliphatic carbocycles. The molecule has 2 aromatic carbocycles. The Morgan fingerprint density at radius 1 is 0.634 bits per heavy atom. The zero-order chi connectivity index (χ0) is 30.1. The van der Waals surface area contributed by atoms with Gasteiger partial charge in [-0.3, -0.25) is 4.79 Å². The van der Waals surface area contributed by atoms with Crippen LogP contribution in [-0.2, 0) is 9.47 Å². The number of hydrogen-bond donors (Lipinski definition) is 10. The SMILES string of the molecule is C[C@@H]1O[C@@H](c2c(O)c([C@H]3O[C@H](C)[C@H](O)[C@@H](O)[C@H]3O)c3oc(-c4ccc(O)c(O)c4)cc(=O)c3c2O)[C@@H](O)[C@H](O)[C@@H]1O. The first kappa shape index (κ1) is 29.0. The molecule has 0 amide bonds. The van der Waals surface area contributed by atoms with Crippen molar-refractivity contribution < 1.29 is 65.0 Å². The molecule has 0 spiro atoms. The van der Waals surface area contributed by atoms with Gasteiger partial charge < -0.3 is 65.0 Å². The van der Waals surface area contributed by atoms with Gasteiger partial charge in [-0.15, -0.1) is 0 Å². The third kappa shape index (κ3) is 4.58. The molecule has 0 radical (unpaired) electrons. The molecule has 14 heteroatoms. The normalized spacial score (nSPS) is 34.1. The molecule has 41 heavy (non-hydrogen) atoms. The summed E-state index contributed by atoms with van der Waals surface area (Å²) in [4.78, 5) is 13.5. The van der Waals surface area contributed by atoms with E-state index in [9.17, 15) is 55.9 Å². The van der Waals surface area contributed by atoms with Crippen LogP contribution in [0.2, 0.25) is 0 Å². The fourth-order valence-corrected chi connectivity index (χ4v) is 5.34. The third-order valence-corrected chi connectivity index (χ3v) is 7.73. The Bertz CT molecular complexity index is 1530. The van der Waals surface area contributed by atoms with Crippen LogP contribution >= 0.6 is 0 Å². The summed E-state index contributed by atoms with van der Waals surface area (Å²) in [6.45, 7) is 2.74. The summed E-state index contributed by atoms with van der Waals surface area (Å²) in [6, 6.07) is 4.46. The van der Waals surface area contributed by atoms with Crippen LogP contribution in [0.15, 0.2) is 33.5 Å². The minimum Gasteiger partial charge on any atom is -0.507 e. The lowest BCUT2D eigenvalue weighted by atomic mass is 9.85. The Labute approximate surface area is 231 Å². The van der Waals surface area contributed by atoms with Gasteiger partial charge in [0.15, 0.2) is 22.5 Å².